The smallest absolute Gasteiger partial charge is 0.228 e. The maximum absolute atomic E-state index is 13.4. The Morgan fingerprint density at radius 1 is 1.60 bits per heavy atom. The lowest BCUT2D eigenvalue weighted by molar-refractivity contribution is -0.115. The zero-order valence-corrected chi connectivity index (χ0v) is 8.56. The summed E-state index contributed by atoms with van der Waals surface area (Å²) in [5, 5.41) is 2.53. The number of halogens is 1. The molecule has 0 aliphatic carbocycles. The van der Waals surface area contributed by atoms with Crippen LogP contribution in [0.5, 0.6) is 0 Å². The molecule has 78 valence electrons. The SMILES string of the molecule is C=C(CC)c1ccc(F)c2c1CC(=O)N2. The third kappa shape index (κ3) is 1.54. The van der Waals surface area contributed by atoms with Crippen LogP contribution in [0.15, 0.2) is 18.7 Å². The summed E-state index contributed by atoms with van der Waals surface area (Å²) in [4.78, 5) is 11.2. The molecule has 0 saturated heterocycles. The lowest BCUT2D eigenvalue weighted by Crippen LogP contribution is -2.04. The highest BCUT2D eigenvalue weighted by molar-refractivity contribution is 6.01. The molecule has 2 rings (SSSR count). The number of hydrogen-bond donors (Lipinski definition) is 1. The summed E-state index contributed by atoms with van der Waals surface area (Å²) in [6.45, 7) is 5.90. The standard InChI is InChI=1S/C12H12FNO/c1-3-7(2)8-4-5-10(13)12-9(8)6-11(15)14-12/h4-5H,2-3,6H2,1H3,(H,14,15). The summed E-state index contributed by atoms with van der Waals surface area (Å²) < 4.78 is 13.4. The number of benzene rings is 1. The number of fused-ring (bicyclic) bond motifs is 1. The van der Waals surface area contributed by atoms with E-state index in [0.717, 1.165) is 23.1 Å². The Hall–Kier alpha value is -1.64. The molecule has 1 aliphatic heterocycles. The molecule has 0 saturated carbocycles. The monoisotopic (exact) mass is 205 g/mol. The van der Waals surface area contributed by atoms with Gasteiger partial charge in [0.1, 0.15) is 5.82 Å². The van der Waals surface area contributed by atoms with Gasteiger partial charge in [-0.05, 0) is 29.2 Å². The van der Waals surface area contributed by atoms with Crippen molar-refractivity contribution < 1.29 is 9.18 Å². The largest absolute Gasteiger partial charge is 0.323 e. The number of carbonyl (C=O) groups excluding carboxylic acids is 1. The summed E-state index contributed by atoms with van der Waals surface area (Å²) in [5.74, 6) is -0.524. The second-order valence-electron chi connectivity index (χ2n) is 3.63. The average molecular weight is 205 g/mol. The van der Waals surface area contributed by atoms with E-state index >= 15 is 0 Å². The normalized spacial score (nSPS) is 13.6. The Morgan fingerprint density at radius 2 is 2.33 bits per heavy atom. The number of amides is 1. The lowest BCUT2D eigenvalue weighted by Gasteiger charge is -2.09. The van der Waals surface area contributed by atoms with Crippen molar-refractivity contribution in [1.29, 1.82) is 0 Å². The van der Waals surface area contributed by atoms with Gasteiger partial charge in [-0.15, -0.1) is 0 Å². The predicted octanol–water partition coefficient (Wildman–Crippen LogP) is 2.74. The Morgan fingerprint density at radius 3 is 3.00 bits per heavy atom. The molecule has 1 N–H and O–H groups in total. The molecule has 0 radical (unpaired) electrons. The topological polar surface area (TPSA) is 29.1 Å². The summed E-state index contributed by atoms with van der Waals surface area (Å²) in [7, 11) is 0. The molecule has 15 heavy (non-hydrogen) atoms. The fraction of sp³-hybridized carbons (Fsp3) is 0.250. The Kier molecular flexibility index (Phi) is 2.31. The molecule has 1 aliphatic rings. The molecule has 3 heteroatoms. The fourth-order valence-corrected chi connectivity index (χ4v) is 1.80. The van der Waals surface area contributed by atoms with Crippen molar-refractivity contribution in [1.82, 2.24) is 0 Å². The van der Waals surface area contributed by atoms with E-state index in [1.54, 1.807) is 6.07 Å². The van der Waals surface area contributed by atoms with Crippen molar-refractivity contribution >= 4 is 17.2 Å². The predicted molar refractivity (Wildman–Crippen MR) is 58.1 cm³/mol. The van der Waals surface area contributed by atoms with E-state index in [2.05, 4.69) is 11.9 Å². The van der Waals surface area contributed by atoms with Crippen LogP contribution in [0.3, 0.4) is 0 Å². The zero-order valence-electron chi connectivity index (χ0n) is 8.56. The molecular formula is C12H12FNO. The second-order valence-corrected chi connectivity index (χ2v) is 3.63. The van der Waals surface area contributed by atoms with Crippen LogP contribution in [-0.4, -0.2) is 5.91 Å². The number of hydrogen-bond acceptors (Lipinski definition) is 1. The van der Waals surface area contributed by atoms with Crippen LogP contribution in [0.2, 0.25) is 0 Å². The third-order valence-corrected chi connectivity index (χ3v) is 2.67. The van der Waals surface area contributed by atoms with Crippen LogP contribution >= 0.6 is 0 Å². The molecule has 1 amide bonds. The van der Waals surface area contributed by atoms with Gasteiger partial charge in [0.05, 0.1) is 12.1 Å². The van der Waals surface area contributed by atoms with Crippen molar-refractivity contribution in [3.05, 3.63) is 35.7 Å². The molecular weight excluding hydrogens is 193 g/mol. The number of rotatable bonds is 2. The van der Waals surface area contributed by atoms with E-state index in [9.17, 15) is 9.18 Å². The van der Waals surface area contributed by atoms with Crippen molar-refractivity contribution in [2.75, 3.05) is 5.32 Å². The first-order valence-corrected chi connectivity index (χ1v) is 4.93. The minimum atomic E-state index is -0.372. The van der Waals surface area contributed by atoms with Gasteiger partial charge < -0.3 is 5.32 Å². The maximum atomic E-state index is 13.4. The molecule has 0 bridgehead atoms. The molecule has 0 atom stereocenters. The fourth-order valence-electron chi connectivity index (χ4n) is 1.80. The van der Waals surface area contributed by atoms with Crippen molar-refractivity contribution in [2.24, 2.45) is 0 Å². The van der Waals surface area contributed by atoms with Gasteiger partial charge in [-0.1, -0.05) is 19.6 Å². The highest BCUT2D eigenvalue weighted by atomic mass is 19.1. The van der Waals surface area contributed by atoms with Crippen molar-refractivity contribution in [2.45, 2.75) is 19.8 Å². The van der Waals surface area contributed by atoms with Crippen LogP contribution in [0.4, 0.5) is 10.1 Å². The molecule has 0 aromatic heterocycles. The summed E-state index contributed by atoms with van der Waals surface area (Å²) in [6, 6.07) is 3.07. The minimum Gasteiger partial charge on any atom is -0.323 e. The van der Waals surface area contributed by atoms with Gasteiger partial charge in [0, 0.05) is 0 Å². The van der Waals surface area contributed by atoms with Gasteiger partial charge in [-0.25, -0.2) is 4.39 Å². The van der Waals surface area contributed by atoms with E-state index in [1.807, 2.05) is 6.92 Å². The molecule has 0 fully saturated rings. The average Bonchev–Trinajstić information content (AvgIpc) is 2.60. The van der Waals surface area contributed by atoms with E-state index in [-0.39, 0.29) is 18.1 Å². The van der Waals surface area contributed by atoms with Crippen LogP contribution in [-0.2, 0) is 11.2 Å². The number of anilines is 1. The molecule has 1 aromatic carbocycles. The highest BCUT2D eigenvalue weighted by Crippen LogP contribution is 2.33. The van der Waals surface area contributed by atoms with Crippen molar-refractivity contribution in [3.8, 4) is 0 Å². The summed E-state index contributed by atoms with van der Waals surface area (Å²) in [5.41, 5.74) is 2.90. The van der Waals surface area contributed by atoms with E-state index in [1.165, 1.54) is 6.07 Å². The van der Waals surface area contributed by atoms with Gasteiger partial charge in [-0.3, -0.25) is 4.79 Å². The molecule has 2 nitrogen and oxygen atoms in total. The Balaban J connectivity index is 2.57. The van der Waals surface area contributed by atoms with Crippen LogP contribution in [0.25, 0.3) is 5.57 Å². The Labute approximate surface area is 87.8 Å². The lowest BCUT2D eigenvalue weighted by atomic mass is 9.97. The van der Waals surface area contributed by atoms with E-state index in [4.69, 9.17) is 0 Å². The quantitative estimate of drug-likeness (QED) is 0.790. The highest BCUT2D eigenvalue weighted by Gasteiger charge is 2.24. The third-order valence-electron chi connectivity index (χ3n) is 2.67. The summed E-state index contributed by atoms with van der Waals surface area (Å²) >= 11 is 0. The summed E-state index contributed by atoms with van der Waals surface area (Å²) in [6.07, 6.45) is 1.05. The Bertz CT molecular complexity index is 451. The first-order valence-electron chi connectivity index (χ1n) is 4.93. The maximum Gasteiger partial charge on any atom is 0.228 e. The van der Waals surface area contributed by atoms with Crippen molar-refractivity contribution in [3.63, 3.8) is 0 Å². The molecule has 1 aromatic rings. The number of nitrogens with one attached hydrogen (secondary N) is 1. The van der Waals surface area contributed by atoms with Crippen LogP contribution in [0, 0.1) is 5.82 Å². The van der Waals surface area contributed by atoms with Crippen LogP contribution in [0.1, 0.15) is 24.5 Å². The van der Waals surface area contributed by atoms with E-state index in [0.29, 0.717) is 5.69 Å². The van der Waals surface area contributed by atoms with Gasteiger partial charge >= 0.3 is 0 Å². The second kappa shape index (κ2) is 3.50. The van der Waals surface area contributed by atoms with Gasteiger partial charge in [0.15, 0.2) is 0 Å². The number of carbonyl (C=O) groups is 1. The minimum absolute atomic E-state index is 0.153. The molecule has 0 unspecified atom stereocenters. The zero-order chi connectivity index (χ0) is 11.0. The van der Waals surface area contributed by atoms with E-state index < -0.39 is 0 Å². The van der Waals surface area contributed by atoms with Crippen LogP contribution < -0.4 is 5.32 Å². The van der Waals surface area contributed by atoms with Gasteiger partial charge in [0.2, 0.25) is 5.91 Å². The first kappa shape index (κ1) is 9.90. The first-order chi connectivity index (χ1) is 7.13. The number of allylic oxidation sites excluding steroid dienone is 1. The molecule has 1 heterocycles. The molecule has 0 spiro atoms. The van der Waals surface area contributed by atoms with Gasteiger partial charge in [-0.2, -0.15) is 0 Å². The van der Waals surface area contributed by atoms with Gasteiger partial charge in [0.25, 0.3) is 0 Å².